The van der Waals surface area contributed by atoms with E-state index in [9.17, 15) is 0 Å². The van der Waals surface area contributed by atoms with Crippen molar-refractivity contribution in [2.75, 3.05) is 5.73 Å². The first-order valence-corrected chi connectivity index (χ1v) is 8.71. The molecule has 1 aliphatic carbocycles. The molecule has 0 bridgehead atoms. The third-order valence-corrected chi connectivity index (χ3v) is 5.21. The predicted molar refractivity (Wildman–Crippen MR) is 91.1 cm³/mol. The summed E-state index contributed by atoms with van der Waals surface area (Å²) in [6, 6.07) is 5.85. The zero-order valence-electron chi connectivity index (χ0n) is 12.7. The van der Waals surface area contributed by atoms with Crippen LogP contribution in [-0.4, -0.2) is 15.0 Å². The zero-order valence-corrected chi connectivity index (χ0v) is 14.2. The highest BCUT2D eigenvalue weighted by Gasteiger charge is 2.35. The second-order valence-corrected chi connectivity index (χ2v) is 7.44. The molecule has 1 aliphatic rings. The number of aromatic nitrogens is 3. The fraction of sp³-hybridized carbons (Fsp3) is 0.438. The highest BCUT2D eigenvalue weighted by molar-refractivity contribution is 7.99. The van der Waals surface area contributed by atoms with Gasteiger partial charge in [-0.15, -0.1) is 0 Å². The molecule has 2 aromatic rings. The van der Waals surface area contributed by atoms with Gasteiger partial charge in [-0.3, -0.25) is 4.98 Å². The van der Waals surface area contributed by atoms with E-state index < -0.39 is 0 Å². The molecule has 1 fully saturated rings. The molecule has 0 radical (unpaired) electrons. The van der Waals surface area contributed by atoms with E-state index in [1.807, 2.05) is 6.20 Å². The maximum atomic E-state index is 5.98. The molecule has 0 aromatic carbocycles. The molecule has 0 spiro atoms. The van der Waals surface area contributed by atoms with Crippen molar-refractivity contribution in [3.8, 4) is 0 Å². The van der Waals surface area contributed by atoms with Crippen LogP contribution in [0.5, 0.6) is 0 Å². The molecule has 0 saturated heterocycles. The van der Waals surface area contributed by atoms with Crippen LogP contribution in [0.2, 0.25) is 5.15 Å². The van der Waals surface area contributed by atoms with Gasteiger partial charge in [0.1, 0.15) is 11.0 Å². The summed E-state index contributed by atoms with van der Waals surface area (Å²) in [5, 5.41) is 1.27. The Kier molecular flexibility index (Phi) is 4.54. The van der Waals surface area contributed by atoms with Crippen molar-refractivity contribution in [3.05, 3.63) is 40.8 Å². The van der Waals surface area contributed by atoms with Gasteiger partial charge in [0.15, 0.2) is 5.16 Å². The third kappa shape index (κ3) is 3.70. The van der Waals surface area contributed by atoms with Gasteiger partial charge in [-0.25, -0.2) is 9.97 Å². The summed E-state index contributed by atoms with van der Waals surface area (Å²) in [5.74, 6) is 1.52. The molecular weight excluding hydrogens is 316 g/mol. The monoisotopic (exact) mass is 334 g/mol. The lowest BCUT2D eigenvalue weighted by atomic mass is 10.0. The summed E-state index contributed by atoms with van der Waals surface area (Å²) in [4.78, 5) is 13.1. The summed E-state index contributed by atoms with van der Waals surface area (Å²) in [5.41, 5.74) is 8.17. The highest BCUT2D eigenvalue weighted by Crippen LogP contribution is 2.50. The summed E-state index contributed by atoms with van der Waals surface area (Å²) < 4.78 is 0. The number of hydrogen-bond acceptors (Lipinski definition) is 5. The molecule has 3 rings (SSSR count). The summed E-state index contributed by atoms with van der Waals surface area (Å²) in [7, 11) is 0. The van der Waals surface area contributed by atoms with E-state index in [0.717, 1.165) is 5.69 Å². The van der Waals surface area contributed by atoms with E-state index in [4.69, 9.17) is 17.3 Å². The Morgan fingerprint density at radius 2 is 2.05 bits per heavy atom. The van der Waals surface area contributed by atoms with Crippen LogP contribution in [0.3, 0.4) is 0 Å². The molecule has 2 N–H and O–H groups in total. The first kappa shape index (κ1) is 15.6. The Labute approximate surface area is 139 Å². The van der Waals surface area contributed by atoms with E-state index in [1.165, 1.54) is 18.4 Å². The molecule has 116 valence electrons. The van der Waals surface area contributed by atoms with Crippen molar-refractivity contribution in [2.24, 2.45) is 5.92 Å². The van der Waals surface area contributed by atoms with Gasteiger partial charge >= 0.3 is 0 Å². The topological polar surface area (TPSA) is 64.7 Å². The number of nitrogens with two attached hydrogens (primary N) is 1. The van der Waals surface area contributed by atoms with Crippen molar-refractivity contribution >= 4 is 29.2 Å². The molecule has 22 heavy (non-hydrogen) atoms. The molecule has 1 unspecified atom stereocenters. The predicted octanol–water partition coefficient (Wildman–Crippen LogP) is 4.47. The lowest BCUT2D eigenvalue weighted by Crippen LogP contribution is -2.04. The number of rotatable bonds is 5. The SMILES string of the molecule is CC(C)c1ccnc(C(Sc2nc(N)cc(Cl)n2)C2CC2)c1. The minimum Gasteiger partial charge on any atom is -0.384 e. The molecule has 0 aliphatic heterocycles. The highest BCUT2D eigenvalue weighted by atomic mass is 35.5. The second kappa shape index (κ2) is 6.42. The first-order chi connectivity index (χ1) is 10.5. The van der Waals surface area contributed by atoms with Crippen molar-refractivity contribution in [1.82, 2.24) is 15.0 Å². The largest absolute Gasteiger partial charge is 0.384 e. The molecule has 2 aromatic heterocycles. The minimum absolute atomic E-state index is 0.261. The van der Waals surface area contributed by atoms with Crippen LogP contribution in [0.1, 0.15) is 49.1 Å². The van der Waals surface area contributed by atoms with E-state index in [2.05, 4.69) is 40.9 Å². The molecule has 4 nitrogen and oxygen atoms in total. The molecule has 0 amide bonds. The van der Waals surface area contributed by atoms with Gasteiger partial charge in [0.05, 0.1) is 10.9 Å². The number of thioether (sulfide) groups is 1. The third-order valence-electron chi connectivity index (χ3n) is 3.74. The van der Waals surface area contributed by atoms with E-state index in [-0.39, 0.29) is 5.25 Å². The number of halogens is 1. The van der Waals surface area contributed by atoms with Crippen LogP contribution < -0.4 is 5.73 Å². The minimum atomic E-state index is 0.261. The second-order valence-electron chi connectivity index (χ2n) is 5.94. The van der Waals surface area contributed by atoms with Crippen LogP contribution >= 0.6 is 23.4 Å². The smallest absolute Gasteiger partial charge is 0.191 e. The Morgan fingerprint density at radius 3 is 2.68 bits per heavy atom. The standard InChI is InChI=1S/C16H19ClN4S/c1-9(2)11-5-6-19-12(7-11)15(10-3-4-10)22-16-20-13(17)8-14(18)21-16/h5-10,15H,3-4H2,1-2H3,(H2,18,20,21). The zero-order chi connectivity index (χ0) is 15.7. The summed E-state index contributed by atoms with van der Waals surface area (Å²) >= 11 is 7.59. The van der Waals surface area contributed by atoms with Crippen molar-refractivity contribution in [1.29, 1.82) is 0 Å². The quantitative estimate of drug-likeness (QED) is 0.496. The van der Waals surface area contributed by atoms with Gasteiger partial charge in [0.25, 0.3) is 0 Å². The summed E-state index contributed by atoms with van der Waals surface area (Å²) in [6.45, 7) is 4.39. The molecule has 1 saturated carbocycles. The van der Waals surface area contributed by atoms with Crippen LogP contribution in [0, 0.1) is 5.92 Å². The number of nitrogen functional groups attached to an aromatic ring is 1. The lowest BCUT2D eigenvalue weighted by molar-refractivity contribution is 0.765. The Morgan fingerprint density at radius 1 is 1.27 bits per heavy atom. The maximum Gasteiger partial charge on any atom is 0.191 e. The fourth-order valence-electron chi connectivity index (χ4n) is 2.36. The van der Waals surface area contributed by atoms with Gasteiger partial charge in [0.2, 0.25) is 0 Å². The van der Waals surface area contributed by atoms with Gasteiger partial charge in [-0.05, 0) is 42.4 Å². The van der Waals surface area contributed by atoms with Gasteiger partial charge in [-0.1, -0.05) is 37.2 Å². The Balaban J connectivity index is 1.88. The Bertz CT molecular complexity index is 653. The molecular formula is C16H19ClN4S. The van der Waals surface area contributed by atoms with E-state index >= 15 is 0 Å². The average Bonchev–Trinajstić information content (AvgIpc) is 3.28. The fourth-order valence-corrected chi connectivity index (χ4v) is 3.85. The normalized spacial score (nSPS) is 16.0. The number of nitrogens with zero attached hydrogens (tertiary/aromatic N) is 3. The van der Waals surface area contributed by atoms with Gasteiger partial charge in [0, 0.05) is 12.3 Å². The van der Waals surface area contributed by atoms with Gasteiger partial charge < -0.3 is 5.73 Å². The van der Waals surface area contributed by atoms with Crippen LogP contribution in [0.25, 0.3) is 0 Å². The van der Waals surface area contributed by atoms with E-state index in [0.29, 0.717) is 28.0 Å². The Hall–Kier alpha value is -1.33. The van der Waals surface area contributed by atoms with Crippen LogP contribution in [0.15, 0.2) is 29.6 Å². The van der Waals surface area contributed by atoms with Crippen molar-refractivity contribution < 1.29 is 0 Å². The number of pyridine rings is 1. The van der Waals surface area contributed by atoms with Gasteiger partial charge in [-0.2, -0.15) is 0 Å². The molecule has 1 atom stereocenters. The van der Waals surface area contributed by atoms with Crippen LogP contribution in [0.4, 0.5) is 5.82 Å². The van der Waals surface area contributed by atoms with Crippen molar-refractivity contribution in [3.63, 3.8) is 0 Å². The first-order valence-electron chi connectivity index (χ1n) is 7.45. The molecule has 2 heterocycles. The molecule has 6 heteroatoms. The van der Waals surface area contributed by atoms with Crippen LogP contribution in [-0.2, 0) is 0 Å². The maximum absolute atomic E-state index is 5.98. The van der Waals surface area contributed by atoms with E-state index in [1.54, 1.807) is 17.8 Å². The van der Waals surface area contributed by atoms with Crippen molar-refractivity contribution in [2.45, 2.75) is 43.0 Å². The lowest BCUT2D eigenvalue weighted by Gasteiger charge is -2.16. The summed E-state index contributed by atoms with van der Waals surface area (Å²) in [6.07, 6.45) is 4.34. The average molecular weight is 335 g/mol. The number of hydrogen-bond donors (Lipinski definition) is 1. The number of anilines is 1.